The van der Waals surface area contributed by atoms with Crippen LogP contribution in [0.3, 0.4) is 0 Å². The average molecular weight is 447 g/mol. The molecule has 4 rings (SSSR count). The normalized spacial score (nSPS) is 11.6. The Morgan fingerprint density at radius 1 is 1.18 bits per heavy atom. The van der Waals surface area contributed by atoms with E-state index in [9.17, 15) is 4.79 Å². The quantitative estimate of drug-likeness (QED) is 0.345. The van der Waals surface area contributed by atoms with E-state index < -0.39 is 0 Å². The van der Waals surface area contributed by atoms with Crippen molar-refractivity contribution >= 4 is 16.9 Å². The highest BCUT2D eigenvalue weighted by atomic mass is 16.5. The lowest BCUT2D eigenvalue weighted by Crippen LogP contribution is -2.27. The average Bonchev–Trinajstić information content (AvgIpc) is 3.40. The van der Waals surface area contributed by atoms with Gasteiger partial charge in [-0.05, 0) is 70.1 Å². The monoisotopic (exact) mass is 446 g/mol. The van der Waals surface area contributed by atoms with Crippen molar-refractivity contribution in [3.8, 4) is 22.8 Å². The second kappa shape index (κ2) is 9.58. The Hall–Kier alpha value is -3.45. The minimum Gasteiger partial charge on any atom is -0.465 e. The zero-order valence-electron chi connectivity index (χ0n) is 19.8. The molecule has 2 heterocycles. The van der Waals surface area contributed by atoms with Crippen molar-refractivity contribution in [3.05, 3.63) is 59.8 Å². The minimum absolute atomic E-state index is 0.216. The molecule has 7 heteroatoms. The van der Waals surface area contributed by atoms with Crippen LogP contribution in [-0.4, -0.2) is 45.8 Å². The number of hydrogen-bond donors (Lipinski definition) is 0. The number of aryl methyl sites for hydroxylation is 1. The zero-order valence-corrected chi connectivity index (χ0v) is 19.8. The lowest BCUT2D eigenvalue weighted by molar-refractivity contribution is -0.144. The lowest BCUT2D eigenvalue weighted by atomic mass is 10.0. The van der Waals surface area contributed by atoms with E-state index in [0.717, 1.165) is 27.6 Å². The Kier molecular flexibility index (Phi) is 6.60. The van der Waals surface area contributed by atoms with Gasteiger partial charge in [-0.3, -0.25) is 9.69 Å². The standard InChI is InChI=1S/C26H30N4O3/c1-6-32-24(31)16-29(5)15-19-7-9-22(18(4)13-19)25-27-26(33-28-25)21-8-10-23-20(14-21)11-12-30(23)17(2)3/h7-14,17H,6,15-16H2,1-5H3. The zero-order chi connectivity index (χ0) is 23.5. The maximum atomic E-state index is 11.7. The van der Waals surface area contributed by atoms with Gasteiger partial charge in [-0.25, -0.2) is 0 Å². The molecule has 2 aromatic carbocycles. The second-order valence-corrected chi connectivity index (χ2v) is 8.64. The third-order valence-electron chi connectivity index (χ3n) is 5.64. The highest BCUT2D eigenvalue weighted by Gasteiger charge is 2.15. The first-order valence-corrected chi connectivity index (χ1v) is 11.2. The van der Waals surface area contributed by atoms with Gasteiger partial charge in [0.25, 0.3) is 5.89 Å². The molecule has 0 unspecified atom stereocenters. The lowest BCUT2D eigenvalue weighted by Gasteiger charge is -2.16. The van der Waals surface area contributed by atoms with Gasteiger partial charge in [-0.2, -0.15) is 4.98 Å². The van der Waals surface area contributed by atoms with Crippen LogP contribution in [-0.2, 0) is 16.1 Å². The first kappa shape index (κ1) is 22.7. The van der Waals surface area contributed by atoms with E-state index in [1.165, 1.54) is 5.52 Å². The molecule has 33 heavy (non-hydrogen) atoms. The molecule has 0 saturated carbocycles. The third-order valence-corrected chi connectivity index (χ3v) is 5.64. The highest BCUT2D eigenvalue weighted by Crippen LogP contribution is 2.29. The van der Waals surface area contributed by atoms with Gasteiger partial charge in [-0.1, -0.05) is 23.4 Å². The number of carbonyl (C=O) groups excluding carboxylic acids is 1. The fourth-order valence-electron chi connectivity index (χ4n) is 4.07. The Morgan fingerprint density at radius 3 is 2.73 bits per heavy atom. The van der Waals surface area contributed by atoms with Crippen molar-refractivity contribution < 1.29 is 14.1 Å². The third kappa shape index (κ3) is 4.98. The van der Waals surface area contributed by atoms with Crippen molar-refractivity contribution in [2.24, 2.45) is 0 Å². The molecular weight excluding hydrogens is 416 g/mol. The van der Waals surface area contributed by atoms with Crippen LogP contribution in [0.15, 0.2) is 53.2 Å². The number of hydrogen-bond acceptors (Lipinski definition) is 6. The summed E-state index contributed by atoms with van der Waals surface area (Å²) < 4.78 is 12.9. The maximum Gasteiger partial charge on any atom is 0.320 e. The summed E-state index contributed by atoms with van der Waals surface area (Å²) >= 11 is 0. The molecular formula is C26H30N4O3. The molecule has 0 bridgehead atoms. The van der Waals surface area contributed by atoms with Gasteiger partial charge < -0.3 is 13.8 Å². The molecule has 172 valence electrons. The Balaban J connectivity index is 1.51. The molecule has 0 spiro atoms. The van der Waals surface area contributed by atoms with Gasteiger partial charge in [0.05, 0.1) is 13.2 Å². The summed E-state index contributed by atoms with van der Waals surface area (Å²) in [5.41, 5.74) is 5.17. The van der Waals surface area contributed by atoms with E-state index in [-0.39, 0.29) is 12.5 Å². The van der Waals surface area contributed by atoms with E-state index in [0.29, 0.717) is 30.9 Å². The van der Waals surface area contributed by atoms with Crippen LogP contribution in [0.4, 0.5) is 0 Å². The van der Waals surface area contributed by atoms with Gasteiger partial charge in [0, 0.05) is 40.8 Å². The fourth-order valence-corrected chi connectivity index (χ4v) is 4.07. The first-order valence-electron chi connectivity index (χ1n) is 11.2. The van der Waals surface area contributed by atoms with Crippen molar-refractivity contribution in [2.45, 2.75) is 40.3 Å². The van der Waals surface area contributed by atoms with Crippen LogP contribution in [0.1, 0.15) is 37.9 Å². The van der Waals surface area contributed by atoms with E-state index >= 15 is 0 Å². The summed E-state index contributed by atoms with van der Waals surface area (Å²) in [5, 5.41) is 5.37. The number of carbonyl (C=O) groups is 1. The molecule has 0 fully saturated rings. The summed E-state index contributed by atoms with van der Waals surface area (Å²) in [4.78, 5) is 18.3. The Bertz CT molecular complexity index is 1270. The van der Waals surface area contributed by atoms with Crippen molar-refractivity contribution in [1.82, 2.24) is 19.6 Å². The molecule has 0 amide bonds. The van der Waals surface area contributed by atoms with E-state index in [4.69, 9.17) is 9.26 Å². The number of nitrogens with zero attached hydrogens (tertiary/aromatic N) is 4. The van der Waals surface area contributed by atoms with Crippen LogP contribution < -0.4 is 0 Å². The first-order chi connectivity index (χ1) is 15.9. The number of rotatable bonds is 8. The topological polar surface area (TPSA) is 73.4 Å². The smallest absolute Gasteiger partial charge is 0.320 e. The number of esters is 1. The van der Waals surface area contributed by atoms with E-state index in [2.05, 4.69) is 59.0 Å². The number of ether oxygens (including phenoxy) is 1. The summed E-state index contributed by atoms with van der Waals surface area (Å²) in [6.45, 7) is 9.48. The molecule has 7 nitrogen and oxygen atoms in total. The predicted molar refractivity (Wildman–Crippen MR) is 129 cm³/mol. The van der Waals surface area contributed by atoms with Crippen LogP contribution >= 0.6 is 0 Å². The van der Waals surface area contributed by atoms with Crippen LogP contribution in [0.5, 0.6) is 0 Å². The Morgan fingerprint density at radius 2 is 2.00 bits per heavy atom. The summed E-state index contributed by atoms with van der Waals surface area (Å²) in [6, 6.07) is 14.8. The van der Waals surface area contributed by atoms with Crippen LogP contribution in [0.2, 0.25) is 0 Å². The van der Waals surface area contributed by atoms with E-state index in [1.807, 2.05) is 44.0 Å². The molecule has 0 aliphatic heterocycles. The summed E-state index contributed by atoms with van der Waals surface area (Å²) in [7, 11) is 1.90. The number of fused-ring (bicyclic) bond motifs is 1. The molecule has 0 aliphatic rings. The molecule has 0 aliphatic carbocycles. The predicted octanol–water partition coefficient (Wildman–Crippen LogP) is 5.24. The van der Waals surface area contributed by atoms with Crippen molar-refractivity contribution in [3.63, 3.8) is 0 Å². The molecule has 0 saturated heterocycles. The van der Waals surface area contributed by atoms with Gasteiger partial charge in [0.2, 0.25) is 5.82 Å². The molecule has 4 aromatic rings. The molecule has 0 N–H and O–H groups in total. The van der Waals surface area contributed by atoms with Gasteiger partial charge in [-0.15, -0.1) is 0 Å². The number of aromatic nitrogens is 3. The summed E-state index contributed by atoms with van der Waals surface area (Å²) in [6.07, 6.45) is 2.10. The fraction of sp³-hybridized carbons (Fsp3) is 0.346. The highest BCUT2D eigenvalue weighted by molar-refractivity contribution is 5.84. The van der Waals surface area contributed by atoms with Gasteiger partial charge in [0.15, 0.2) is 0 Å². The number of likely N-dealkylation sites (N-methyl/N-ethyl adjacent to an activating group) is 1. The van der Waals surface area contributed by atoms with Crippen molar-refractivity contribution in [2.75, 3.05) is 20.2 Å². The summed E-state index contributed by atoms with van der Waals surface area (Å²) in [5.74, 6) is 0.849. The van der Waals surface area contributed by atoms with Crippen LogP contribution in [0.25, 0.3) is 33.7 Å². The largest absolute Gasteiger partial charge is 0.465 e. The molecule has 0 atom stereocenters. The van der Waals surface area contributed by atoms with Gasteiger partial charge in [0.1, 0.15) is 0 Å². The number of benzene rings is 2. The Labute approximate surface area is 194 Å². The molecule has 0 radical (unpaired) electrons. The molecule has 2 aromatic heterocycles. The second-order valence-electron chi connectivity index (χ2n) is 8.64. The van der Waals surface area contributed by atoms with Crippen molar-refractivity contribution in [1.29, 1.82) is 0 Å². The SMILES string of the molecule is CCOC(=O)CN(C)Cc1ccc(-c2noc(-c3ccc4c(ccn4C(C)C)c3)n2)c(C)c1. The van der Waals surface area contributed by atoms with E-state index in [1.54, 1.807) is 0 Å². The maximum absolute atomic E-state index is 11.7. The van der Waals surface area contributed by atoms with Gasteiger partial charge >= 0.3 is 5.97 Å². The van der Waals surface area contributed by atoms with Crippen LogP contribution in [0, 0.1) is 6.92 Å². The minimum atomic E-state index is -0.216.